The number of nitriles is 1. The Morgan fingerprint density at radius 2 is 1.32 bits per heavy atom. The van der Waals surface area contributed by atoms with E-state index >= 15 is 0 Å². The smallest absolute Gasteiger partial charge is 0.262 e. The first-order valence-corrected chi connectivity index (χ1v) is 10.6. The van der Waals surface area contributed by atoms with Crippen molar-refractivity contribution in [2.45, 2.75) is 18.9 Å². The maximum atomic E-state index is 13.3. The number of benzene rings is 3. The van der Waals surface area contributed by atoms with Crippen molar-refractivity contribution in [3.8, 4) is 6.07 Å². The number of anilines is 2. The van der Waals surface area contributed by atoms with E-state index in [0.29, 0.717) is 11.4 Å². The minimum absolute atomic E-state index is 0.153. The highest BCUT2D eigenvalue weighted by atomic mass is 16.2. The summed E-state index contributed by atoms with van der Waals surface area (Å²) in [5.41, 5.74) is 2.25. The van der Waals surface area contributed by atoms with Gasteiger partial charge in [0.25, 0.3) is 11.8 Å². The van der Waals surface area contributed by atoms with Crippen molar-refractivity contribution in [3.63, 3.8) is 0 Å². The van der Waals surface area contributed by atoms with Crippen molar-refractivity contribution < 1.29 is 19.2 Å². The van der Waals surface area contributed by atoms with Gasteiger partial charge in [0.1, 0.15) is 12.5 Å². The minimum atomic E-state index is -1.06. The number of rotatable bonds is 7. The molecule has 0 bridgehead atoms. The van der Waals surface area contributed by atoms with E-state index in [9.17, 15) is 19.2 Å². The second-order valence-electron chi connectivity index (χ2n) is 7.68. The van der Waals surface area contributed by atoms with Crippen molar-refractivity contribution in [2.75, 3.05) is 10.6 Å². The number of imide groups is 1. The molecule has 0 fully saturated rings. The van der Waals surface area contributed by atoms with Crippen LogP contribution in [-0.2, 0) is 16.0 Å². The Kier molecular flexibility index (Phi) is 6.46. The van der Waals surface area contributed by atoms with Gasteiger partial charge in [-0.1, -0.05) is 42.5 Å². The number of carbonyl (C=O) groups is 4. The lowest BCUT2D eigenvalue weighted by Gasteiger charge is -2.25. The van der Waals surface area contributed by atoms with Crippen molar-refractivity contribution in [2.24, 2.45) is 0 Å². The van der Waals surface area contributed by atoms with E-state index in [0.717, 1.165) is 10.5 Å². The molecule has 1 aliphatic heterocycles. The molecular weight excluding hydrogens is 432 g/mol. The van der Waals surface area contributed by atoms with Gasteiger partial charge in [-0.3, -0.25) is 24.1 Å². The third kappa shape index (κ3) is 4.69. The fourth-order valence-electron chi connectivity index (χ4n) is 3.77. The van der Waals surface area contributed by atoms with Crippen LogP contribution >= 0.6 is 0 Å². The van der Waals surface area contributed by atoms with Gasteiger partial charge in [0.05, 0.1) is 17.2 Å². The molecule has 1 unspecified atom stereocenters. The molecule has 0 saturated carbocycles. The van der Waals surface area contributed by atoms with Gasteiger partial charge in [-0.05, 0) is 42.0 Å². The molecule has 34 heavy (non-hydrogen) atoms. The molecule has 8 nitrogen and oxygen atoms in total. The number of carbonyl (C=O) groups excluding carboxylic acids is 4. The van der Waals surface area contributed by atoms with Crippen molar-refractivity contribution in [3.05, 3.63) is 95.6 Å². The third-order valence-electron chi connectivity index (χ3n) is 5.39. The third-order valence-corrected chi connectivity index (χ3v) is 5.39. The van der Waals surface area contributed by atoms with Crippen molar-refractivity contribution >= 4 is 35.0 Å². The highest BCUT2D eigenvalue weighted by Crippen LogP contribution is 2.27. The molecule has 0 aromatic heterocycles. The van der Waals surface area contributed by atoms with E-state index in [1.807, 2.05) is 30.3 Å². The average Bonchev–Trinajstić information content (AvgIpc) is 3.09. The normalized spacial score (nSPS) is 13.1. The van der Waals surface area contributed by atoms with Crippen LogP contribution in [-0.4, -0.2) is 34.6 Å². The minimum Gasteiger partial charge on any atom is -0.325 e. The number of amides is 4. The SMILES string of the molecule is N#CCC(=O)Nc1ccc(NC(=O)C(Cc2ccccc2)N2C(=O)c3ccccc3C2=O)cc1. The number of fused-ring (bicyclic) bond motifs is 1. The van der Waals surface area contributed by atoms with Gasteiger partial charge in [0, 0.05) is 17.8 Å². The van der Waals surface area contributed by atoms with Gasteiger partial charge in [-0.15, -0.1) is 0 Å². The molecule has 3 aromatic rings. The summed E-state index contributed by atoms with van der Waals surface area (Å²) in [4.78, 5) is 52.0. The standard InChI is InChI=1S/C26H20N4O4/c27-15-14-23(31)28-18-10-12-19(13-11-18)29-24(32)22(16-17-6-2-1-3-7-17)30-25(33)20-8-4-5-9-21(20)26(30)34/h1-13,22H,14,16H2,(H,28,31)(H,29,32). The molecule has 0 saturated heterocycles. The van der Waals surface area contributed by atoms with Crippen LogP contribution in [0.25, 0.3) is 0 Å². The molecule has 4 rings (SSSR count). The van der Waals surface area contributed by atoms with E-state index in [2.05, 4.69) is 10.6 Å². The second kappa shape index (κ2) is 9.79. The number of nitrogens with zero attached hydrogens (tertiary/aromatic N) is 2. The van der Waals surface area contributed by atoms with Crippen LogP contribution in [0.3, 0.4) is 0 Å². The van der Waals surface area contributed by atoms with Gasteiger partial charge in [-0.2, -0.15) is 5.26 Å². The molecule has 3 aromatic carbocycles. The highest BCUT2D eigenvalue weighted by molar-refractivity contribution is 6.23. The zero-order valence-electron chi connectivity index (χ0n) is 18.0. The Balaban J connectivity index is 1.57. The lowest BCUT2D eigenvalue weighted by atomic mass is 10.0. The Hall–Kier alpha value is -4.77. The number of nitrogens with one attached hydrogen (secondary N) is 2. The summed E-state index contributed by atoms with van der Waals surface area (Å²) < 4.78 is 0. The van der Waals surface area contributed by atoms with E-state index in [1.165, 1.54) is 0 Å². The summed E-state index contributed by atoms with van der Waals surface area (Å²) in [5.74, 6) is -1.97. The maximum absolute atomic E-state index is 13.3. The molecule has 168 valence electrons. The Morgan fingerprint density at radius 1 is 0.794 bits per heavy atom. The summed E-state index contributed by atoms with van der Waals surface area (Å²) in [6.07, 6.45) is -0.111. The Labute approximate surface area is 195 Å². The first kappa shape index (κ1) is 22.4. The van der Waals surface area contributed by atoms with E-state index < -0.39 is 29.7 Å². The van der Waals surface area contributed by atoms with Gasteiger partial charge in [-0.25, -0.2) is 0 Å². The van der Waals surface area contributed by atoms with Gasteiger partial charge < -0.3 is 10.6 Å². The van der Waals surface area contributed by atoms with E-state index in [4.69, 9.17) is 5.26 Å². The molecule has 4 amide bonds. The van der Waals surface area contributed by atoms with Gasteiger partial charge in [0.15, 0.2) is 0 Å². The number of hydrogen-bond donors (Lipinski definition) is 2. The molecule has 2 N–H and O–H groups in total. The molecule has 8 heteroatoms. The molecule has 0 spiro atoms. The topological polar surface area (TPSA) is 119 Å². The van der Waals surface area contributed by atoms with Crippen LogP contribution in [0.5, 0.6) is 0 Å². The number of hydrogen-bond acceptors (Lipinski definition) is 5. The lowest BCUT2D eigenvalue weighted by molar-refractivity contribution is -0.120. The molecule has 0 aliphatic carbocycles. The first-order valence-electron chi connectivity index (χ1n) is 10.6. The van der Waals surface area contributed by atoms with Crippen LogP contribution in [0, 0.1) is 11.3 Å². The maximum Gasteiger partial charge on any atom is 0.262 e. The van der Waals surface area contributed by atoms with Crippen LogP contribution in [0.4, 0.5) is 11.4 Å². The van der Waals surface area contributed by atoms with Crippen LogP contribution < -0.4 is 10.6 Å². The van der Waals surface area contributed by atoms with Gasteiger partial charge in [0.2, 0.25) is 11.8 Å². The summed E-state index contributed by atoms with van der Waals surface area (Å²) in [6, 6.07) is 22.7. The highest BCUT2D eigenvalue weighted by Gasteiger charge is 2.42. The summed E-state index contributed by atoms with van der Waals surface area (Å²) in [6.45, 7) is 0. The monoisotopic (exact) mass is 452 g/mol. The Morgan fingerprint density at radius 3 is 1.88 bits per heavy atom. The summed E-state index contributed by atoms with van der Waals surface area (Å²) in [7, 11) is 0. The molecular formula is C26H20N4O4. The van der Waals surface area contributed by atoms with E-state index in [-0.39, 0.29) is 24.0 Å². The first-order chi connectivity index (χ1) is 16.5. The average molecular weight is 452 g/mol. The largest absolute Gasteiger partial charge is 0.325 e. The summed E-state index contributed by atoms with van der Waals surface area (Å²) in [5, 5.41) is 13.9. The van der Waals surface area contributed by atoms with Gasteiger partial charge >= 0.3 is 0 Å². The predicted octanol–water partition coefficient (Wildman–Crippen LogP) is 3.38. The quantitative estimate of drug-likeness (QED) is 0.533. The van der Waals surface area contributed by atoms with E-state index in [1.54, 1.807) is 54.6 Å². The van der Waals surface area contributed by atoms with Crippen LogP contribution in [0.15, 0.2) is 78.9 Å². The molecule has 0 radical (unpaired) electrons. The van der Waals surface area contributed by atoms with Crippen molar-refractivity contribution in [1.82, 2.24) is 4.90 Å². The van der Waals surface area contributed by atoms with Crippen molar-refractivity contribution in [1.29, 1.82) is 5.26 Å². The fraction of sp³-hybridized carbons (Fsp3) is 0.115. The molecule has 1 heterocycles. The second-order valence-corrected chi connectivity index (χ2v) is 7.68. The zero-order valence-corrected chi connectivity index (χ0v) is 18.0. The summed E-state index contributed by atoms with van der Waals surface area (Å²) >= 11 is 0. The fourth-order valence-corrected chi connectivity index (χ4v) is 3.77. The van der Waals surface area contributed by atoms with Crippen LogP contribution in [0.2, 0.25) is 0 Å². The molecule has 1 atom stereocenters. The predicted molar refractivity (Wildman–Crippen MR) is 125 cm³/mol. The lowest BCUT2D eigenvalue weighted by Crippen LogP contribution is -2.48. The molecule has 1 aliphatic rings. The van der Waals surface area contributed by atoms with Crippen LogP contribution in [0.1, 0.15) is 32.7 Å². The zero-order chi connectivity index (χ0) is 24.1. The Bertz CT molecular complexity index is 1260.